The zero-order chi connectivity index (χ0) is 24.2. The number of benzene rings is 1. The summed E-state index contributed by atoms with van der Waals surface area (Å²) in [5.74, 6) is 1.51. The Balaban J connectivity index is 1.16. The van der Waals surface area contributed by atoms with Crippen LogP contribution in [0.15, 0.2) is 36.7 Å². The fraction of sp³-hybridized carbons (Fsp3) is 0.522. The first-order chi connectivity index (χ1) is 16.2. The molecule has 0 spiro atoms. The lowest BCUT2D eigenvalue weighted by molar-refractivity contribution is -0.123. The number of amides is 1. The van der Waals surface area contributed by atoms with E-state index in [2.05, 4.69) is 15.3 Å². The Morgan fingerprint density at radius 2 is 1.88 bits per heavy atom. The van der Waals surface area contributed by atoms with Crippen molar-refractivity contribution in [2.75, 3.05) is 50.0 Å². The minimum atomic E-state index is -3.39. The van der Waals surface area contributed by atoms with Crippen molar-refractivity contribution in [1.29, 1.82) is 0 Å². The number of aromatic nitrogens is 2. The first-order valence-corrected chi connectivity index (χ1v) is 13.0. The number of carbonyl (C=O) groups is 1. The summed E-state index contributed by atoms with van der Waals surface area (Å²) >= 11 is 0. The second-order valence-electron chi connectivity index (χ2n) is 9.03. The van der Waals surface area contributed by atoms with Crippen LogP contribution in [-0.4, -0.2) is 79.3 Å². The van der Waals surface area contributed by atoms with Gasteiger partial charge in [0, 0.05) is 57.1 Å². The van der Waals surface area contributed by atoms with Crippen LogP contribution in [0.5, 0.6) is 11.5 Å². The number of anilines is 1. The molecule has 0 aliphatic carbocycles. The van der Waals surface area contributed by atoms with Gasteiger partial charge in [0.05, 0.1) is 5.75 Å². The number of carbonyl (C=O) groups excluding carboxylic acids is 1. The number of fused-ring (bicyclic) bond motifs is 1. The van der Waals surface area contributed by atoms with Gasteiger partial charge in [0.2, 0.25) is 16.0 Å². The van der Waals surface area contributed by atoms with Crippen LogP contribution < -0.4 is 19.7 Å². The Hall–Kier alpha value is -2.92. The molecule has 1 N–H and O–H groups in total. The Kier molecular flexibility index (Phi) is 7.22. The van der Waals surface area contributed by atoms with E-state index < -0.39 is 10.0 Å². The Labute approximate surface area is 200 Å². The average Bonchev–Trinajstić information content (AvgIpc) is 3.15. The van der Waals surface area contributed by atoms with Gasteiger partial charge in [-0.15, -0.1) is 0 Å². The van der Waals surface area contributed by atoms with E-state index in [9.17, 15) is 13.2 Å². The molecule has 2 aromatic rings. The molecule has 1 amide bonds. The molecule has 1 aromatic heterocycles. The molecule has 1 aromatic carbocycles. The van der Waals surface area contributed by atoms with Crippen molar-refractivity contribution < 1.29 is 22.7 Å². The van der Waals surface area contributed by atoms with Crippen molar-refractivity contribution in [1.82, 2.24) is 19.6 Å². The molecule has 2 aliphatic heterocycles. The van der Waals surface area contributed by atoms with Gasteiger partial charge < -0.3 is 19.7 Å². The fourth-order valence-corrected chi connectivity index (χ4v) is 5.61. The molecule has 0 unspecified atom stereocenters. The van der Waals surface area contributed by atoms with Crippen LogP contribution >= 0.6 is 0 Å². The summed E-state index contributed by atoms with van der Waals surface area (Å²) in [6, 6.07) is 7.41. The van der Waals surface area contributed by atoms with Gasteiger partial charge in [0.25, 0.3) is 5.91 Å². The topological polar surface area (TPSA) is 114 Å². The van der Waals surface area contributed by atoms with Crippen LogP contribution in [0.3, 0.4) is 0 Å². The van der Waals surface area contributed by atoms with E-state index in [1.165, 1.54) is 4.31 Å². The highest BCUT2D eigenvalue weighted by Gasteiger charge is 2.32. The molecule has 1 saturated heterocycles. The third kappa shape index (κ3) is 5.95. The molecule has 0 radical (unpaired) electrons. The van der Waals surface area contributed by atoms with Gasteiger partial charge in [-0.3, -0.25) is 4.79 Å². The average molecular weight is 490 g/mol. The molecule has 10 nitrogen and oxygen atoms in total. The van der Waals surface area contributed by atoms with Crippen LogP contribution in [0.1, 0.15) is 25.8 Å². The van der Waals surface area contributed by atoms with E-state index in [-0.39, 0.29) is 30.4 Å². The van der Waals surface area contributed by atoms with Crippen molar-refractivity contribution in [2.45, 2.75) is 32.3 Å². The van der Waals surface area contributed by atoms with E-state index in [1.807, 2.05) is 30.9 Å². The molecule has 3 heterocycles. The maximum Gasteiger partial charge on any atom is 0.257 e. The van der Waals surface area contributed by atoms with Crippen molar-refractivity contribution in [3.8, 4) is 11.5 Å². The van der Waals surface area contributed by atoms with Gasteiger partial charge in [0.15, 0.2) is 18.1 Å². The SMILES string of the molecule is CC1(C)Cc2cccc(OCC(=O)NCCCS(=O)(=O)N3CCN(c4ncccn4)CC3)c2O1. The molecule has 0 saturated carbocycles. The second-order valence-corrected chi connectivity index (χ2v) is 11.1. The van der Waals surface area contributed by atoms with Crippen LogP contribution in [0.4, 0.5) is 5.95 Å². The molecule has 1 fully saturated rings. The third-order valence-electron chi connectivity index (χ3n) is 5.78. The lowest BCUT2D eigenvalue weighted by Crippen LogP contribution is -2.50. The van der Waals surface area contributed by atoms with E-state index in [4.69, 9.17) is 9.47 Å². The molecule has 11 heteroatoms. The number of para-hydroxylation sites is 1. The Bertz CT molecular complexity index is 1100. The van der Waals surface area contributed by atoms with Gasteiger partial charge >= 0.3 is 0 Å². The lowest BCUT2D eigenvalue weighted by Gasteiger charge is -2.33. The first-order valence-electron chi connectivity index (χ1n) is 11.4. The second kappa shape index (κ2) is 10.1. The molecule has 0 atom stereocenters. The molecular formula is C23H31N5O5S. The first kappa shape index (κ1) is 24.2. The van der Waals surface area contributed by atoms with Gasteiger partial charge in [-0.25, -0.2) is 18.4 Å². The standard InChI is InChI=1S/C23H31N5O5S/c1-23(2)16-18-6-3-7-19(21(18)33-23)32-17-20(29)24-10-5-15-34(30,31)28-13-11-27(12-14-28)22-25-8-4-9-26-22/h3-4,6-9H,5,10-17H2,1-2H3,(H,24,29). The Morgan fingerprint density at radius 3 is 2.62 bits per heavy atom. The summed E-state index contributed by atoms with van der Waals surface area (Å²) in [4.78, 5) is 22.6. The van der Waals surface area contributed by atoms with Crippen molar-refractivity contribution in [3.63, 3.8) is 0 Å². The maximum atomic E-state index is 12.7. The minimum absolute atomic E-state index is 0.0227. The quantitative estimate of drug-likeness (QED) is 0.523. The number of piperazine rings is 1. The van der Waals surface area contributed by atoms with Crippen molar-refractivity contribution >= 4 is 21.9 Å². The summed E-state index contributed by atoms with van der Waals surface area (Å²) in [6.07, 6.45) is 4.46. The predicted molar refractivity (Wildman–Crippen MR) is 128 cm³/mol. The van der Waals surface area contributed by atoms with Crippen LogP contribution in [-0.2, 0) is 21.2 Å². The summed E-state index contributed by atoms with van der Waals surface area (Å²) < 4.78 is 38.4. The fourth-order valence-electron chi connectivity index (χ4n) is 4.13. The van der Waals surface area contributed by atoms with E-state index in [0.29, 0.717) is 50.0 Å². The van der Waals surface area contributed by atoms with E-state index in [1.54, 1.807) is 24.5 Å². The highest BCUT2D eigenvalue weighted by atomic mass is 32.2. The number of hydrogen-bond donors (Lipinski definition) is 1. The van der Waals surface area contributed by atoms with Gasteiger partial charge in [-0.2, -0.15) is 4.31 Å². The maximum absolute atomic E-state index is 12.7. The summed E-state index contributed by atoms with van der Waals surface area (Å²) in [5.41, 5.74) is 0.766. The molecule has 2 aliphatic rings. The van der Waals surface area contributed by atoms with E-state index in [0.717, 1.165) is 12.0 Å². The zero-order valence-corrected chi connectivity index (χ0v) is 20.4. The number of nitrogens with one attached hydrogen (secondary N) is 1. The monoisotopic (exact) mass is 489 g/mol. The molecule has 0 bridgehead atoms. The van der Waals surface area contributed by atoms with Crippen LogP contribution in [0, 0.1) is 0 Å². The smallest absolute Gasteiger partial charge is 0.257 e. The number of sulfonamides is 1. The zero-order valence-electron chi connectivity index (χ0n) is 19.6. The Morgan fingerprint density at radius 1 is 1.15 bits per heavy atom. The minimum Gasteiger partial charge on any atom is -0.483 e. The number of ether oxygens (including phenoxy) is 2. The molecule has 4 rings (SSSR count). The van der Waals surface area contributed by atoms with Gasteiger partial charge in [-0.1, -0.05) is 12.1 Å². The molecule has 34 heavy (non-hydrogen) atoms. The third-order valence-corrected chi connectivity index (χ3v) is 7.74. The predicted octanol–water partition coefficient (Wildman–Crippen LogP) is 1.23. The lowest BCUT2D eigenvalue weighted by atomic mass is 10.0. The largest absolute Gasteiger partial charge is 0.483 e. The van der Waals surface area contributed by atoms with Crippen LogP contribution in [0.25, 0.3) is 0 Å². The number of rotatable bonds is 9. The summed E-state index contributed by atoms with van der Waals surface area (Å²) in [6.45, 7) is 5.99. The number of nitrogens with zero attached hydrogens (tertiary/aromatic N) is 4. The highest BCUT2D eigenvalue weighted by molar-refractivity contribution is 7.89. The molecule has 184 valence electrons. The van der Waals surface area contributed by atoms with Crippen molar-refractivity contribution in [3.05, 3.63) is 42.2 Å². The summed E-state index contributed by atoms with van der Waals surface area (Å²) in [5, 5.41) is 2.73. The van der Waals surface area contributed by atoms with Gasteiger partial charge in [-0.05, 0) is 32.4 Å². The summed E-state index contributed by atoms with van der Waals surface area (Å²) in [7, 11) is -3.39. The van der Waals surface area contributed by atoms with Crippen LogP contribution in [0.2, 0.25) is 0 Å². The normalized spacial score (nSPS) is 17.6. The van der Waals surface area contributed by atoms with E-state index >= 15 is 0 Å². The highest BCUT2D eigenvalue weighted by Crippen LogP contribution is 2.41. The van der Waals surface area contributed by atoms with Crippen molar-refractivity contribution in [2.24, 2.45) is 0 Å². The number of hydrogen-bond acceptors (Lipinski definition) is 8. The van der Waals surface area contributed by atoms with Gasteiger partial charge in [0.1, 0.15) is 5.60 Å². The molecular weight excluding hydrogens is 458 g/mol.